The third-order valence-corrected chi connectivity index (χ3v) is 5.35. The number of hydrogen-bond donors (Lipinski definition) is 0. The van der Waals surface area contributed by atoms with Crippen LogP contribution in [0.2, 0.25) is 0 Å². The molecule has 1 aliphatic rings. The van der Waals surface area contributed by atoms with Crippen molar-refractivity contribution in [3.63, 3.8) is 0 Å². The summed E-state index contributed by atoms with van der Waals surface area (Å²) in [6.07, 6.45) is 9.12. The number of rotatable bonds is 2. The maximum absolute atomic E-state index is 9.71. The summed E-state index contributed by atoms with van der Waals surface area (Å²) in [5.41, 5.74) is 1.99. The van der Waals surface area contributed by atoms with Crippen molar-refractivity contribution in [2.24, 2.45) is 12.5 Å². The molecule has 0 aromatic carbocycles. The molecular formula is C15H22BrN3. The van der Waals surface area contributed by atoms with Crippen LogP contribution >= 0.6 is 15.9 Å². The molecule has 0 radical (unpaired) electrons. The summed E-state index contributed by atoms with van der Waals surface area (Å²) >= 11 is 3.62. The molecule has 0 aliphatic heterocycles. The Morgan fingerprint density at radius 2 is 1.84 bits per heavy atom. The third-order valence-electron chi connectivity index (χ3n) is 4.32. The van der Waals surface area contributed by atoms with E-state index in [-0.39, 0.29) is 5.41 Å². The van der Waals surface area contributed by atoms with Crippen LogP contribution in [0.5, 0.6) is 0 Å². The lowest BCUT2D eigenvalue weighted by molar-refractivity contribution is 0.281. The average molecular weight is 324 g/mol. The van der Waals surface area contributed by atoms with E-state index in [0.717, 1.165) is 29.4 Å². The van der Waals surface area contributed by atoms with Crippen LogP contribution in [-0.2, 0) is 13.5 Å². The van der Waals surface area contributed by atoms with Gasteiger partial charge in [0.15, 0.2) is 0 Å². The number of aryl methyl sites for hydroxylation is 2. The highest BCUT2D eigenvalue weighted by atomic mass is 79.9. The van der Waals surface area contributed by atoms with E-state index in [1.807, 2.05) is 18.7 Å². The zero-order chi connectivity index (χ0) is 13.9. The first kappa shape index (κ1) is 14.6. The van der Waals surface area contributed by atoms with Crippen LogP contribution in [0.15, 0.2) is 4.47 Å². The molecule has 1 saturated carbocycles. The minimum atomic E-state index is -0.191. The standard InChI is InChI=1S/C15H22BrN3/c1-12-14(16)13(19(2)18-12)10-15(11-17)8-6-4-3-5-7-9-15/h3-10H2,1-2H3. The van der Waals surface area contributed by atoms with E-state index in [4.69, 9.17) is 0 Å². The van der Waals surface area contributed by atoms with Gasteiger partial charge in [0.1, 0.15) is 0 Å². The van der Waals surface area contributed by atoms with E-state index in [0.29, 0.717) is 0 Å². The smallest absolute Gasteiger partial charge is 0.0738 e. The lowest BCUT2D eigenvalue weighted by Gasteiger charge is -2.28. The number of hydrogen-bond acceptors (Lipinski definition) is 2. The van der Waals surface area contributed by atoms with Crippen molar-refractivity contribution in [2.45, 2.75) is 58.3 Å². The van der Waals surface area contributed by atoms with E-state index in [1.165, 1.54) is 37.8 Å². The molecule has 0 N–H and O–H groups in total. The summed E-state index contributed by atoms with van der Waals surface area (Å²) in [6, 6.07) is 2.64. The van der Waals surface area contributed by atoms with Gasteiger partial charge in [-0.15, -0.1) is 0 Å². The van der Waals surface area contributed by atoms with Gasteiger partial charge in [-0.2, -0.15) is 10.4 Å². The molecule has 4 heteroatoms. The monoisotopic (exact) mass is 323 g/mol. The van der Waals surface area contributed by atoms with Crippen LogP contribution in [0.4, 0.5) is 0 Å². The second-order valence-corrected chi connectivity index (χ2v) is 6.60. The molecule has 1 aromatic heterocycles. The van der Waals surface area contributed by atoms with Crippen LogP contribution in [0, 0.1) is 23.7 Å². The topological polar surface area (TPSA) is 41.6 Å². The van der Waals surface area contributed by atoms with Crippen LogP contribution in [0.3, 0.4) is 0 Å². The Labute approximate surface area is 124 Å². The van der Waals surface area contributed by atoms with Gasteiger partial charge in [0.25, 0.3) is 0 Å². The summed E-state index contributed by atoms with van der Waals surface area (Å²) in [6.45, 7) is 2.00. The lowest BCUT2D eigenvalue weighted by atomic mass is 9.74. The quantitative estimate of drug-likeness (QED) is 0.814. The highest BCUT2D eigenvalue weighted by Crippen LogP contribution is 2.38. The largest absolute Gasteiger partial charge is 0.271 e. The van der Waals surface area contributed by atoms with Gasteiger partial charge >= 0.3 is 0 Å². The lowest BCUT2D eigenvalue weighted by Crippen LogP contribution is -2.24. The molecule has 3 nitrogen and oxygen atoms in total. The van der Waals surface area contributed by atoms with E-state index >= 15 is 0 Å². The number of aromatic nitrogens is 2. The molecule has 0 spiro atoms. The average Bonchev–Trinajstić information content (AvgIpc) is 2.59. The molecule has 0 amide bonds. The SMILES string of the molecule is Cc1nn(C)c(CC2(C#N)CCCCCCC2)c1Br. The zero-order valence-corrected chi connectivity index (χ0v) is 13.5. The number of nitrogens with zero attached hydrogens (tertiary/aromatic N) is 3. The Morgan fingerprint density at radius 1 is 1.26 bits per heavy atom. The molecule has 1 aliphatic carbocycles. The summed E-state index contributed by atoms with van der Waals surface area (Å²) in [5, 5.41) is 14.2. The Balaban J connectivity index is 2.24. The molecule has 19 heavy (non-hydrogen) atoms. The maximum atomic E-state index is 9.71. The van der Waals surface area contributed by atoms with Crippen LogP contribution in [0.1, 0.15) is 56.3 Å². The first-order valence-electron chi connectivity index (χ1n) is 7.17. The van der Waals surface area contributed by atoms with Crippen molar-refractivity contribution in [1.29, 1.82) is 5.26 Å². The first-order valence-corrected chi connectivity index (χ1v) is 7.96. The van der Waals surface area contributed by atoms with Gasteiger partial charge in [-0.3, -0.25) is 4.68 Å². The van der Waals surface area contributed by atoms with Crippen molar-refractivity contribution >= 4 is 15.9 Å². The summed E-state index contributed by atoms with van der Waals surface area (Å²) < 4.78 is 3.00. The molecule has 1 aromatic rings. The van der Waals surface area contributed by atoms with Gasteiger partial charge in [-0.25, -0.2) is 0 Å². The summed E-state index contributed by atoms with van der Waals surface area (Å²) in [7, 11) is 1.97. The second kappa shape index (κ2) is 6.09. The van der Waals surface area contributed by atoms with Crippen molar-refractivity contribution in [3.05, 3.63) is 15.9 Å². The van der Waals surface area contributed by atoms with E-state index in [1.54, 1.807) is 0 Å². The Kier molecular flexibility index (Phi) is 4.67. The number of nitriles is 1. The van der Waals surface area contributed by atoms with E-state index < -0.39 is 0 Å². The van der Waals surface area contributed by atoms with Crippen LogP contribution < -0.4 is 0 Å². The predicted octanol–water partition coefficient (Wildman–Crippen LogP) is 4.29. The molecule has 2 rings (SSSR count). The molecule has 1 heterocycles. The normalized spacial score (nSPS) is 19.5. The van der Waals surface area contributed by atoms with Crippen LogP contribution in [-0.4, -0.2) is 9.78 Å². The Morgan fingerprint density at radius 3 is 2.32 bits per heavy atom. The summed E-state index contributed by atoms with van der Waals surface area (Å²) in [5.74, 6) is 0. The van der Waals surface area contributed by atoms with Gasteiger partial charge in [0, 0.05) is 13.5 Å². The fraction of sp³-hybridized carbons (Fsp3) is 0.733. The maximum Gasteiger partial charge on any atom is 0.0738 e. The van der Waals surface area contributed by atoms with Gasteiger partial charge in [-0.1, -0.05) is 32.1 Å². The van der Waals surface area contributed by atoms with Crippen LogP contribution in [0.25, 0.3) is 0 Å². The molecule has 0 bridgehead atoms. The van der Waals surface area contributed by atoms with E-state index in [2.05, 4.69) is 27.1 Å². The van der Waals surface area contributed by atoms with Crippen molar-refractivity contribution < 1.29 is 0 Å². The van der Waals surface area contributed by atoms with Crippen molar-refractivity contribution in [3.8, 4) is 6.07 Å². The number of halogens is 1. The fourth-order valence-corrected chi connectivity index (χ4v) is 3.58. The first-order chi connectivity index (χ1) is 9.08. The Bertz CT molecular complexity index is 476. The molecule has 0 saturated heterocycles. The second-order valence-electron chi connectivity index (χ2n) is 5.81. The molecular weight excluding hydrogens is 302 g/mol. The highest BCUT2D eigenvalue weighted by molar-refractivity contribution is 9.10. The van der Waals surface area contributed by atoms with Crippen molar-refractivity contribution in [1.82, 2.24) is 9.78 Å². The third kappa shape index (κ3) is 3.20. The minimum absolute atomic E-state index is 0.191. The minimum Gasteiger partial charge on any atom is -0.271 e. The van der Waals surface area contributed by atoms with Gasteiger partial charge in [0.05, 0.1) is 27.3 Å². The Hall–Kier alpha value is -0.820. The molecule has 104 valence electrons. The molecule has 0 atom stereocenters. The predicted molar refractivity (Wildman–Crippen MR) is 79.7 cm³/mol. The molecule has 0 unspecified atom stereocenters. The van der Waals surface area contributed by atoms with Gasteiger partial charge in [-0.05, 0) is 35.7 Å². The zero-order valence-electron chi connectivity index (χ0n) is 11.9. The highest BCUT2D eigenvalue weighted by Gasteiger charge is 2.32. The van der Waals surface area contributed by atoms with E-state index in [9.17, 15) is 5.26 Å². The fourth-order valence-electron chi connectivity index (χ4n) is 3.10. The van der Waals surface area contributed by atoms with Crippen molar-refractivity contribution in [2.75, 3.05) is 0 Å². The summed E-state index contributed by atoms with van der Waals surface area (Å²) in [4.78, 5) is 0. The van der Waals surface area contributed by atoms with Gasteiger partial charge in [0.2, 0.25) is 0 Å². The molecule has 1 fully saturated rings. The van der Waals surface area contributed by atoms with Gasteiger partial charge < -0.3 is 0 Å².